The maximum atomic E-state index is 10.9. The molecule has 2 unspecified atom stereocenters. The van der Waals surface area contributed by atoms with Gasteiger partial charge in [-0.3, -0.25) is 14.9 Å². The van der Waals surface area contributed by atoms with Crippen molar-refractivity contribution in [2.24, 2.45) is 5.73 Å². The number of rotatable bonds is 5. The zero-order valence-corrected chi connectivity index (χ0v) is 9.68. The molecule has 1 aromatic rings. The Hall–Kier alpha value is -2.50. The van der Waals surface area contributed by atoms with Gasteiger partial charge in [-0.05, 0) is 12.1 Å². The summed E-state index contributed by atoms with van der Waals surface area (Å²) in [4.78, 5) is 20.7. The Morgan fingerprint density at radius 3 is 2.63 bits per heavy atom. The Morgan fingerprint density at radius 2 is 2.16 bits per heavy atom. The van der Waals surface area contributed by atoms with Gasteiger partial charge in [0.1, 0.15) is 6.10 Å². The topological polar surface area (TPSA) is 150 Å². The van der Waals surface area contributed by atoms with Crippen molar-refractivity contribution in [2.45, 2.75) is 18.6 Å². The third kappa shape index (κ3) is 3.48. The summed E-state index contributed by atoms with van der Waals surface area (Å²) in [7, 11) is 0. The van der Waals surface area contributed by atoms with Gasteiger partial charge >= 0.3 is 0 Å². The number of nitro groups is 1. The number of hydrogen-bond donors (Lipinski definition) is 3. The summed E-state index contributed by atoms with van der Waals surface area (Å²) >= 11 is 0. The first-order valence-corrected chi connectivity index (χ1v) is 5.19. The van der Waals surface area contributed by atoms with Gasteiger partial charge in [-0.2, -0.15) is 5.26 Å². The van der Waals surface area contributed by atoms with Gasteiger partial charge in [0.05, 0.1) is 34.6 Å². The molecule has 4 N–H and O–H groups in total. The molecule has 0 heterocycles. The maximum absolute atomic E-state index is 10.9. The SMILES string of the molecule is N#Cc1ccc(C(O)C(O)CC(N)=O)c([N+](=O)[O-])c1. The van der Waals surface area contributed by atoms with Crippen molar-refractivity contribution in [3.05, 3.63) is 39.4 Å². The van der Waals surface area contributed by atoms with Gasteiger partial charge in [-0.25, -0.2) is 0 Å². The Balaban J connectivity index is 3.15. The Morgan fingerprint density at radius 1 is 1.53 bits per heavy atom. The molecule has 0 saturated carbocycles. The van der Waals surface area contributed by atoms with Crippen molar-refractivity contribution in [2.75, 3.05) is 0 Å². The molecule has 0 fully saturated rings. The van der Waals surface area contributed by atoms with Crippen LogP contribution in [-0.2, 0) is 4.79 Å². The highest BCUT2D eigenvalue weighted by atomic mass is 16.6. The van der Waals surface area contributed by atoms with Gasteiger partial charge < -0.3 is 15.9 Å². The Bertz CT molecular complexity index is 552. The molecule has 19 heavy (non-hydrogen) atoms. The first-order chi connectivity index (χ1) is 8.86. The molecule has 8 nitrogen and oxygen atoms in total. The second kappa shape index (κ2) is 5.90. The fraction of sp³-hybridized carbons (Fsp3) is 0.273. The minimum Gasteiger partial charge on any atom is -0.390 e. The first kappa shape index (κ1) is 14.6. The molecule has 8 heteroatoms. The molecule has 1 rings (SSSR count). The van der Waals surface area contributed by atoms with Crippen molar-refractivity contribution in [1.29, 1.82) is 5.26 Å². The normalized spacial score (nSPS) is 13.3. The molecule has 100 valence electrons. The zero-order valence-electron chi connectivity index (χ0n) is 9.68. The number of benzene rings is 1. The minimum atomic E-state index is -1.64. The summed E-state index contributed by atoms with van der Waals surface area (Å²) in [6, 6.07) is 5.13. The molecule has 1 amide bonds. The molecule has 0 aliphatic carbocycles. The number of primary amides is 1. The molecule has 0 aromatic heterocycles. The van der Waals surface area contributed by atoms with Crippen LogP contribution in [0.3, 0.4) is 0 Å². The second-order valence-corrected chi connectivity index (χ2v) is 3.83. The van der Waals surface area contributed by atoms with Crippen LogP contribution in [0.1, 0.15) is 23.7 Å². The van der Waals surface area contributed by atoms with Crippen molar-refractivity contribution in [3.63, 3.8) is 0 Å². The van der Waals surface area contributed by atoms with E-state index in [9.17, 15) is 25.1 Å². The van der Waals surface area contributed by atoms with E-state index >= 15 is 0 Å². The molecular weight excluding hydrogens is 254 g/mol. The molecule has 0 spiro atoms. The first-order valence-electron chi connectivity index (χ1n) is 5.19. The zero-order chi connectivity index (χ0) is 14.6. The highest BCUT2D eigenvalue weighted by Gasteiger charge is 2.27. The lowest BCUT2D eigenvalue weighted by Gasteiger charge is -2.16. The number of aliphatic hydroxyl groups is 2. The summed E-state index contributed by atoms with van der Waals surface area (Å²) in [5.74, 6) is -0.845. The summed E-state index contributed by atoms with van der Waals surface area (Å²) in [6.07, 6.45) is -3.72. The summed E-state index contributed by atoms with van der Waals surface area (Å²) in [5, 5.41) is 38.8. The van der Waals surface area contributed by atoms with Gasteiger partial charge in [-0.1, -0.05) is 0 Å². The van der Waals surface area contributed by atoms with Crippen LogP contribution in [0, 0.1) is 21.4 Å². The average Bonchev–Trinajstić information content (AvgIpc) is 2.36. The van der Waals surface area contributed by atoms with E-state index in [2.05, 4.69) is 0 Å². The summed E-state index contributed by atoms with van der Waals surface area (Å²) in [6.45, 7) is 0. The van der Waals surface area contributed by atoms with E-state index in [4.69, 9.17) is 11.0 Å². The fourth-order valence-corrected chi connectivity index (χ4v) is 1.55. The van der Waals surface area contributed by atoms with Crippen molar-refractivity contribution < 1.29 is 19.9 Å². The van der Waals surface area contributed by atoms with Crippen molar-refractivity contribution in [1.82, 2.24) is 0 Å². The molecule has 0 aliphatic rings. The second-order valence-electron chi connectivity index (χ2n) is 3.83. The van der Waals surface area contributed by atoms with Crippen LogP contribution in [0.15, 0.2) is 18.2 Å². The van der Waals surface area contributed by atoms with E-state index in [0.717, 1.165) is 12.1 Å². The predicted octanol–water partition coefficient (Wildman–Crippen LogP) is -0.264. The van der Waals surface area contributed by atoms with Gasteiger partial charge in [-0.15, -0.1) is 0 Å². The predicted molar refractivity (Wildman–Crippen MR) is 62.6 cm³/mol. The van der Waals surface area contributed by atoms with Crippen LogP contribution in [-0.4, -0.2) is 27.1 Å². The lowest BCUT2D eigenvalue weighted by atomic mass is 9.99. The Labute approximate surface area is 107 Å². The standard InChI is InChI=1S/C11H11N3O5/c12-5-6-1-2-7(8(3-6)14(18)19)11(17)9(15)4-10(13)16/h1-3,9,11,15,17H,4H2,(H2,13,16). The number of carbonyl (C=O) groups is 1. The van der Waals surface area contributed by atoms with E-state index in [1.807, 2.05) is 0 Å². The number of nitro benzene ring substituents is 1. The van der Waals surface area contributed by atoms with E-state index in [1.165, 1.54) is 6.07 Å². The molecular formula is C11H11N3O5. The van der Waals surface area contributed by atoms with Crippen LogP contribution < -0.4 is 5.73 Å². The minimum absolute atomic E-state index is 0.0482. The molecule has 1 aromatic carbocycles. The number of nitriles is 1. The van der Waals surface area contributed by atoms with Crippen LogP contribution >= 0.6 is 0 Å². The fourth-order valence-electron chi connectivity index (χ4n) is 1.55. The molecule has 0 bridgehead atoms. The van der Waals surface area contributed by atoms with Gasteiger partial charge in [0.25, 0.3) is 5.69 Å². The number of amides is 1. The van der Waals surface area contributed by atoms with Gasteiger partial charge in [0, 0.05) is 6.07 Å². The summed E-state index contributed by atoms with van der Waals surface area (Å²) < 4.78 is 0. The molecule has 0 saturated heterocycles. The quantitative estimate of drug-likeness (QED) is 0.492. The third-order valence-electron chi connectivity index (χ3n) is 2.45. The maximum Gasteiger partial charge on any atom is 0.276 e. The van der Waals surface area contributed by atoms with Crippen LogP contribution in [0.2, 0.25) is 0 Å². The highest BCUT2D eigenvalue weighted by molar-refractivity contribution is 5.74. The molecule has 0 radical (unpaired) electrons. The van der Waals surface area contributed by atoms with E-state index in [0.29, 0.717) is 0 Å². The number of carbonyl (C=O) groups excluding carboxylic acids is 1. The number of nitrogens with zero attached hydrogens (tertiary/aromatic N) is 2. The van der Waals surface area contributed by atoms with Crippen molar-refractivity contribution >= 4 is 11.6 Å². The van der Waals surface area contributed by atoms with E-state index in [-0.39, 0.29) is 11.1 Å². The Kier molecular flexibility index (Phi) is 4.52. The number of aliphatic hydroxyl groups excluding tert-OH is 2. The van der Waals surface area contributed by atoms with E-state index in [1.54, 1.807) is 6.07 Å². The molecule has 0 aliphatic heterocycles. The third-order valence-corrected chi connectivity index (χ3v) is 2.45. The largest absolute Gasteiger partial charge is 0.390 e. The monoisotopic (exact) mass is 265 g/mol. The van der Waals surface area contributed by atoms with Crippen LogP contribution in [0.4, 0.5) is 5.69 Å². The average molecular weight is 265 g/mol. The smallest absolute Gasteiger partial charge is 0.276 e. The van der Waals surface area contributed by atoms with Crippen LogP contribution in [0.25, 0.3) is 0 Å². The van der Waals surface area contributed by atoms with Gasteiger partial charge in [0.2, 0.25) is 5.91 Å². The van der Waals surface area contributed by atoms with Gasteiger partial charge in [0.15, 0.2) is 0 Å². The number of hydrogen-bond acceptors (Lipinski definition) is 6. The lowest BCUT2D eigenvalue weighted by molar-refractivity contribution is -0.386. The van der Waals surface area contributed by atoms with E-state index < -0.39 is 35.1 Å². The van der Waals surface area contributed by atoms with Crippen molar-refractivity contribution in [3.8, 4) is 6.07 Å². The number of nitrogens with two attached hydrogens (primary N) is 1. The lowest BCUT2D eigenvalue weighted by Crippen LogP contribution is -2.26. The highest BCUT2D eigenvalue weighted by Crippen LogP contribution is 2.29. The molecule has 2 atom stereocenters. The van der Waals surface area contributed by atoms with Crippen LogP contribution in [0.5, 0.6) is 0 Å². The summed E-state index contributed by atoms with van der Waals surface area (Å²) in [5.41, 5.74) is 4.23.